The number of hydrogen-bond donors (Lipinski definition) is 1. The summed E-state index contributed by atoms with van der Waals surface area (Å²) < 4.78 is 48.9. The molecule has 0 unspecified atom stereocenters. The van der Waals surface area contributed by atoms with Gasteiger partial charge in [0.25, 0.3) is 0 Å². The summed E-state index contributed by atoms with van der Waals surface area (Å²) in [5.74, 6) is -1.71. The Morgan fingerprint density at radius 2 is 1.93 bits per heavy atom. The van der Waals surface area contributed by atoms with Crippen molar-refractivity contribution in [2.75, 3.05) is 11.9 Å². The van der Waals surface area contributed by atoms with Crippen LogP contribution in [0.4, 0.5) is 24.7 Å². The third-order valence-electron chi connectivity index (χ3n) is 4.16. The third kappa shape index (κ3) is 4.40. The molecule has 0 radical (unpaired) electrons. The fourth-order valence-electron chi connectivity index (χ4n) is 2.92. The van der Waals surface area contributed by atoms with Gasteiger partial charge in [0.2, 0.25) is 0 Å². The first-order chi connectivity index (χ1) is 13.7. The van der Waals surface area contributed by atoms with Crippen molar-refractivity contribution in [3.05, 3.63) is 70.7 Å². The largest absolute Gasteiger partial charge is 0.487 e. The molecule has 0 amide bonds. The van der Waals surface area contributed by atoms with Gasteiger partial charge < -0.3 is 10.1 Å². The van der Waals surface area contributed by atoms with Gasteiger partial charge in [0.1, 0.15) is 35.5 Å². The molecule has 0 spiro atoms. The summed E-state index contributed by atoms with van der Waals surface area (Å²) in [7, 11) is 1.66. The first-order valence-corrected chi connectivity index (χ1v) is 9.07. The summed E-state index contributed by atoms with van der Waals surface area (Å²) in [5.41, 5.74) is 2.31. The van der Waals surface area contributed by atoms with E-state index in [-0.39, 0.29) is 23.1 Å². The van der Waals surface area contributed by atoms with E-state index in [1.54, 1.807) is 20.9 Å². The van der Waals surface area contributed by atoms with Gasteiger partial charge in [-0.15, -0.1) is 0 Å². The molecule has 4 nitrogen and oxygen atoms in total. The molecular weight excluding hydrogens is 403 g/mol. The number of hydrogen-bond acceptors (Lipinski definition) is 3. The maximum atomic E-state index is 14.6. The molecule has 0 fully saturated rings. The van der Waals surface area contributed by atoms with Gasteiger partial charge >= 0.3 is 0 Å². The lowest BCUT2D eigenvalue weighted by molar-refractivity contribution is 0.350. The standard InChI is InChI=1S/C21H19ClF3N3O/c1-11(2)10-29-18-9-14(24)8-17(25)20(18)26-21-19(12(3)27-28(21)4)15-6-5-13(23)7-16(15)22/h5-9,26H,1,10H2,2-4H3. The predicted octanol–water partition coefficient (Wildman–Crippen LogP) is 6.16. The Kier molecular flexibility index (Phi) is 5.88. The first-order valence-electron chi connectivity index (χ1n) is 8.69. The lowest BCUT2D eigenvalue weighted by Gasteiger charge is -2.16. The zero-order chi connectivity index (χ0) is 21.3. The average Bonchev–Trinajstić information content (AvgIpc) is 2.89. The lowest BCUT2D eigenvalue weighted by Crippen LogP contribution is -2.06. The molecule has 0 aliphatic carbocycles. The van der Waals surface area contributed by atoms with Crippen molar-refractivity contribution in [2.45, 2.75) is 13.8 Å². The fourth-order valence-corrected chi connectivity index (χ4v) is 3.18. The molecule has 0 saturated carbocycles. The van der Waals surface area contributed by atoms with Gasteiger partial charge in [-0.05, 0) is 37.6 Å². The molecular formula is C21H19ClF3N3O. The lowest BCUT2D eigenvalue weighted by atomic mass is 10.1. The topological polar surface area (TPSA) is 39.1 Å². The smallest absolute Gasteiger partial charge is 0.153 e. The number of nitrogens with zero attached hydrogens (tertiary/aromatic N) is 2. The molecule has 2 aromatic carbocycles. The minimum absolute atomic E-state index is 0.0134. The molecule has 3 aromatic rings. The van der Waals surface area contributed by atoms with Crippen LogP contribution in [-0.4, -0.2) is 16.4 Å². The van der Waals surface area contributed by atoms with Crippen LogP contribution in [0.15, 0.2) is 42.5 Å². The number of halogens is 4. The Balaban J connectivity index is 2.11. The van der Waals surface area contributed by atoms with E-state index >= 15 is 0 Å². The number of rotatable bonds is 6. The van der Waals surface area contributed by atoms with E-state index < -0.39 is 17.5 Å². The Morgan fingerprint density at radius 3 is 2.59 bits per heavy atom. The number of aryl methyl sites for hydroxylation is 2. The van der Waals surface area contributed by atoms with Crippen LogP contribution in [-0.2, 0) is 7.05 Å². The molecule has 1 aromatic heterocycles. The van der Waals surface area contributed by atoms with E-state index in [2.05, 4.69) is 17.0 Å². The number of ether oxygens (including phenoxy) is 1. The number of aromatic nitrogens is 2. The van der Waals surface area contributed by atoms with Crippen LogP contribution in [0, 0.1) is 24.4 Å². The highest BCUT2D eigenvalue weighted by molar-refractivity contribution is 6.33. The fraction of sp³-hybridized carbons (Fsp3) is 0.190. The van der Waals surface area contributed by atoms with Gasteiger partial charge in [-0.3, -0.25) is 4.68 Å². The van der Waals surface area contributed by atoms with E-state index in [9.17, 15) is 13.2 Å². The average molecular weight is 422 g/mol. The van der Waals surface area contributed by atoms with E-state index in [4.69, 9.17) is 16.3 Å². The van der Waals surface area contributed by atoms with Gasteiger partial charge in [-0.2, -0.15) is 5.10 Å². The maximum Gasteiger partial charge on any atom is 0.153 e. The molecule has 1 N–H and O–H groups in total. The van der Waals surface area contributed by atoms with Crippen molar-refractivity contribution in [2.24, 2.45) is 7.05 Å². The van der Waals surface area contributed by atoms with Crippen LogP contribution in [0.2, 0.25) is 5.02 Å². The van der Waals surface area contributed by atoms with Crippen LogP contribution >= 0.6 is 11.6 Å². The van der Waals surface area contributed by atoms with Crippen LogP contribution in [0.1, 0.15) is 12.6 Å². The maximum absolute atomic E-state index is 14.6. The van der Waals surface area contributed by atoms with Crippen molar-refractivity contribution < 1.29 is 17.9 Å². The molecule has 152 valence electrons. The highest BCUT2D eigenvalue weighted by Gasteiger charge is 2.21. The van der Waals surface area contributed by atoms with Crippen molar-refractivity contribution in [1.29, 1.82) is 0 Å². The normalized spacial score (nSPS) is 10.9. The van der Waals surface area contributed by atoms with Crippen molar-refractivity contribution in [3.8, 4) is 16.9 Å². The Hall–Kier alpha value is -2.93. The summed E-state index contributed by atoms with van der Waals surface area (Å²) in [5, 5.41) is 7.47. The zero-order valence-electron chi connectivity index (χ0n) is 16.1. The predicted molar refractivity (Wildman–Crippen MR) is 108 cm³/mol. The Morgan fingerprint density at radius 1 is 1.21 bits per heavy atom. The van der Waals surface area contributed by atoms with E-state index in [1.807, 2.05) is 0 Å². The summed E-state index contributed by atoms with van der Waals surface area (Å²) in [4.78, 5) is 0. The number of nitrogens with one attached hydrogen (secondary N) is 1. The minimum atomic E-state index is -0.836. The number of anilines is 2. The van der Waals surface area contributed by atoms with Gasteiger partial charge in [0, 0.05) is 30.3 Å². The van der Waals surface area contributed by atoms with Gasteiger partial charge in [0.15, 0.2) is 5.82 Å². The highest BCUT2D eigenvalue weighted by atomic mass is 35.5. The van der Waals surface area contributed by atoms with Crippen molar-refractivity contribution >= 4 is 23.1 Å². The molecule has 0 aliphatic rings. The Labute approximate surface area is 171 Å². The molecule has 8 heteroatoms. The summed E-state index contributed by atoms with van der Waals surface area (Å²) in [6.07, 6.45) is 0. The van der Waals surface area contributed by atoms with Gasteiger partial charge in [-0.1, -0.05) is 18.2 Å². The van der Waals surface area contributed by atoms with Crippen molar-refractivity contribution in [3.63, 3.8) is 0 Å². The van der Waals surface area contributed by atoms with Crippen LogP contribution in [0.3, 0.4) is 0 Å². The highest BCUT2D eigenvalue weighted by Crippen LogP contribution is 2.40. The summed E-state index contributed by atoms with van der Waals surface area (Å²) in [6, 6.07) is 5.82. The SMILES string of the molecule is C=C(C)COc1cc(F)cc(F)c1Nc1c(-c2ccc(F)cc2Cl)c(C)nn1C. The van der Waals surface area contributed by atoms with E-state index in [0.29, 0.717) is 28.2 Å². The van der Waals surface area contributed by atoms with Crippen LogP contribution in [0.5, 0.6) is 5.75 Å². The summed E-state index contributed by atoms with van der Waals surface area (Å²) >= 11 is 6.23. The summed E-state index contributed by atoms with van der Waals surface area (Å²) in [6.45, 7) is 7.31. The second kappa shape index (κ2) is 8.21. The second-order valence-electron chi connectivity index (χ2n) is 6.69. The number of benzene rings is 2. The minimum Gasteiger partial charge on any atom is -0.487 e. The molecule has 0 aliphatic heterocycles. The molecule has 0 bridgehead atoms. The third-order valence-corrected chi connectivity index (χ3v) is 4.47. The zero-order valence-corrected chi connectivity index (χ0v) is 16.9. The molecule has 0 atom stereocenters. The van der Waals surface area contributed by atoms with Gasteiger partial charge in [-0.25, -0.2) is 13.2 Å². The van der Waals surface area contributed by atoms with Gasteiger partial charge in [0.05, 0.1) is 10.7 Å². The molecule has 29 heavy (non-hydrogen) atoms. The quantitative estimate of drug-likeness (QED) is 0.484. The molecule has 3 rings (SSSR count). The van der Waals surface area contributed by atoms with Crippen LogP contribution in [0.25, 0.3) is 11.1 Å². The monoisotopic (exact) mass is 421 g/mol. The Bertz CT molecular complexity index is 1100. The first kappa shape index (κ1) is 20.8. The molecule has 1 heterocycles. The van der Waals surface area contributed by atoms with E-state index in [0.717, 1.165) is 12.1 Å². The van der Waals surface area contributed by atoms with Crippen LogP contribution < -0.4 is 10.1 Å². The molecule has 0 saturated heterocycles. The second-order valence-corrected chi connectivity index (χ2v) is 7.10. The van der Waals surface area contributed by atoms with E-state index in [1.165, 1.54) is 22.9 Å². The van der Waals surface area contributed by atoms with Crippen molar-refractivity contribution in [1.82, 2.24) is 9.78 Å².